The number of hydrogen-bond donors (Lipinski definition) is 2. The Kier molecular flexibility index (Phi) is 4.61. The molecule has 1 saturated carbocycles. The van der Waals surface area contributed by atoms with Crippen molar-refractivity contribution in [2.75, 3.05) is 7.11 Å². The van der Waals surface area contributed by atoms with Crippen LogP contribution in [0.2, 0.25) is 0 Å². The smallest absolute Gasteiger partial charge is 0.306 e. The van der Waals surface area contributed by atoms with Crippen molar-refractivity contribution >= 4 is 11.9 Å². The van der Waals surface area contributed by atoms with Crippen LogP contribution in [0.4, 0.5) is 0 Å². The lowest BCUT2D eigenvalue weighted by atomic mass is 10.1. The minimum Gasteiger partial charge on any atom is -0.497 e. The molecule has 108 valence electrons. The number of rotatable bonds is 5. The number of methoxy groups -OCH3 is 1. The molecule has 0 heterocycles. The summed E-state index contributed by atoms with van der Waals surface area (Å²) in [6.07, 6.45) is 2.22. The first kappa shape index (κ1) is 14.4. The highest BCUT2D eigenvalue weighted by Crippen LogP contribution is 2.25. The van der Waals surface area contributed by atoms with Crippen molar-refractivity contribution < 1.29 is 19.4 Å². The number of carboxylic acid groups (broad SMARTS) is 1. The Labute approximate surface area is 117 Å². The minimum absolute atomic E-state index is 0.0122. The van der Waals surface area contributed by atoms with Gasteiger partial charge in [0.15, 0.2) is 0 Å². The summed E-state index contributed by atoms with van der Waals surface area (Å²) < 4.78 is 5.06. The van der Waals surface area contributed by atoms with Gasteiger partial charge >= 0.3 is 5.97 Å². The SMILES string of the molecule is COc1ccc(CC(=O)N[C@@H]2CC[C@H](C(=O)O)C2)cc1. The molecule has 1 aliphatic rings. The summed E-state index contributed by atoms with van der Waals surface area (Å²) >= 11 is 0. The molecule has 2 atom stereocenters. The van der Waals surface area contributed by atoms with Crippen LogP contribution in [0, 0.1) is 5.92 Å². The van der Waals surface area contributed by atoms with Gasteiger partial charge in [-0.2, -0.15) is 0 Å². The van der Waals surface area contributed by atoms with Gasteiger partial charge in [0.05, 0.1) is 19.4 Å². The molecule has 2 N–H and O–H groups in total. The summed E-state index contributed by atoms with van der Waals surface area (Å²) in [5.74, 6) is -0.390. The molecule has 5 heteroatoms. The van der Waals surface area contributed by atoms with E-state index in [4.69, 9.17) is 9.84 Å². The number of carboxylic acids is 1. The molecule has 20 heavy (non-hydrogen) atoms. The van der Waals surface area contributed by atoms with E-state index >= 15 is 0 Å². The van der Waals surface area contributed by atoms with Crippen LogP contribution in [-0.2, 0) is 16.0 Å². The maximum atomic E-state index is 11.9. The Bertz CT molecular complexity index is 483. The van der Waals surface area contributed by atoms with E-state index in [-0.39, 0.29) is 17.9 Å². The molecule has 1 aliphatic carbocycles. The van der Waals surface area contributed by atoms with E-state index < -0.39 is 5.97 Å². The molecule has 0 radical (unpaired) electrons. The van der Waals surface area contributed by atoms with Gasteiger partial charge in [-0.3, -0.25) is 9.59 Å². The second-order valence-corrected chi connectivity index (χ2v) is 5.14. The van der Waals surface area contributed by atoms with Gasteiger partial charge in [0.1, 0.15) is 5.75 Å². The predicted octanol–water partition coefficient (Wildman–Crippen LogP) is 1.61. The van der Waals surface area contributed by atoms with Crippen molar-refractivity contribution in [2.24, 2.45) is 5.92 Å². The average Bonchev–Trinajstić information content (AvgIpc) is 2.88. The highest BCUT2D eigenvalue weighted by atomic mass is 16.5. The van der Waals surface area contributed by atoms with Crippen LogP contribution < -0.4 is 10.1 Å². The van der Waals surface area contributed by atoms with Crippen LogP contribution >= 0.6 is 0 Å². The van der Waals surface area contributed by atoms with E-state index in [2.05, 4.69) is 5.32 Å². The molecule has 1 amide bonds. The molecule has 0 aliphatic heterocycles. The molecule has 0 unspecified atom stereocenters. The Hall–Kier alpha value is -2.04. The van der Waals surface area contributed by atoms with Crippen LogP contribution in [0.15, 0.2) is 24.3 Å². The molecule has 0 bridgehead atoms. The molecule has 2 rings (SSSR count). The third-order valence-electron chi connectivity index (χ3n) is 3.67. The van der Waals surface area contributed by atoms with Gasteiger partial charge in [-0.1, -0.05) is 12.1 Å². The first-order valence-corrected chi connectivity index (χ1v) is 6.73. The topological polar surface area (TPSA) is 75.6 Å². The number of ether oxygens (including phenoxy) is 1. The van der Waals surface area contributed by atoms with Crippen molar-refractivity contribution in [3.8, 4) is 5.75 Å². The summed E-state index contributed by atoms with van der Waals surface area (Å²) in [4.78, 5) is 22.8. The van der Waals surface area contributed by atoms with Crippen LogP contribution in [0.3, 0.4) is 0 Å². The van der Waals surface area contributed by atoms with Crippen molar-refractivity contribution in [1.82, 2.24) is 5.32 Å². The van der Waals surface area contributed by atoms with Gasteiger partial charge in [-0.25, -0.2) is 0 Å². The molecule has 0 aromatic heterocycles. The van der Waals surface area contributed by atoms with E-state index in [9.17, 15) is 9.59 Å². The summed E-state index contributed by atoms with van der Waals surface area (Å²) in [6, 6.07) is 7.33. The van der Waals surface area contributed by atoms with Gasteiger partial charge in [0, 0.05) is 6.04 Å². The molecule has 0 saturated heterocycles. The standard InChI is InChI=1S/C15H19NO4/c1-20-13-6-2-10(3-7-13)8-14(17)16-12-5-4-11(9-12)15(18)19/h2-3,6-7,11-12H,4-5,8-9H2,1H3,(H,16,17)(H,18,19)/t11-,12+/m0/s1. The van der Waals surface area contributed by atoms with Gasteiger partial charge in [0.25, 0.3) is 0 Å². The third-order valence-corrected chi connectivity index (χ3v) is 3.67. The van der Waals surface area contributed by atoms with Gasteiger partial charge < -0.3 is 15.2 Å². The number of carbonyl (C=O) groups excluding carboxylic acids is 1. The fraction of sp³-hybridized carbons (Fsp3) is 0.467. The lowest BCUT2D eigenvalue weighted by molar-refractivity contribution is -0.141. The fourth-order valence-electron chi connectivity index (χ4n) is 2.54. The first-order valence-electron chi connectivity index (χ1n) is 6.73. The molecular formula is C15H19NO4. The van der Waals surface area contributed by atoms with Crippen LogP contribution in [0.5, 0.6) is 5.75 Å². The second kappa shape index (κ2) is 6.41. The lowest BCUT2D eigenvalue weighted by Gasteiger charge is -2.12. The van der Waals surface area contributed by atoms with Crippen LogP contribution in [0.25, 0.3) is 0 Å². The summed E-state index contributed by atoms with van der Waals surface area (Å²) in [5.41, 5.74) is 0.913. The molecule has 1 fully saturated rings. The molecule has 5 nitrogen and oxygen atoms in total. The number of hydrogen-bond acceptors (Lipinski definition) is 3. The Morgan fingerprint density at radius 2 is 2.00 bits per heavy atom. The van der Waals surface area contributed by atoms with Crippen molar-refractivity contribution in [3.63, 3.8) is 0 Å². The monoisotopic (exact) mass is 277 g/mol. The highest BCUT2D eigenvalue weighted by molar-refractivity contribution is 5.79. The Balaban J connectivity index is 1.82. The summed E-state index contributed by atoms with van der Waals surface area (Å²) in [7, 11) is 1.60. The fourth-order valence-corrected chi connectivity index (χ4v) is 2.54. The largest absolute Gasteiger partial charge is 0.497 e. The quantitative estimate of drug-likeness (QED) is 0.857. The predicted molar refractivity (Wildman–Crippen MR) is 73.6 cm³/mol. The zero-order chi connectivity index (χ0) is 14.5. The van der Waals surface area contributed by atoms with Crippen molar-refractivity contribution in [3.05, 3.63) is 29.8 Å². The second-order valence-electron chi connectivity index (χ2n) is 5.14. The highest BCUT2D eigenvalue weighted by Gasteiger charge is 2.30. The van der Waals surface area contributed by atoms with Gasteiger partial charge in [0.2, 0.25) is 5.91 Å². The molecule has 0 spiro atoms. The zero-order valence-corrected chi connectivity index (χ0v) is 11.5. The maximum absolute atomic E-state index is 11.9. The number of amides is 1. The van der Waals surface area contributed by atoms with E-state index in [1.165, 1.54) is 0 Å². The van der Waals surface area contributed by atoms with E-state index in [1.54, 1.807) is 7.11 Å². The van der Waals surface area contributed by atoms with Crippen molar-refractivity contribution in [1.29, 1.82) is 0 Å². The average molecular weight is 277 g/mol. The number of aliphatic carboxylic acids is 1. The first-order chi connectivity index (χ1) is 9.58. The number of benzene rings is 1. The zero-order valence-electron chi connectivity index (χ0n) is 11.5. The Morgan fingerprint density at radius 1 is 1.30 bits per heavy atom. The molecular weight excluding hydrogens is 258 g/mol. The maximum Gasteiger partial charge on any atom is 0.306 e. The van der Waals surface area contributed by atoms with Crippen LogP contribution in [-0.4, -0.2) is 30.1 Å². The Morgan fingerprint density at radius 3 is 2.55 bits per heavy atom. The third kappa shape index (κ3) is 3.73. The van der Waals surface area contributed by atoms with Crippen LogP contribution in [0.1, 0.15) is 24.8 Å². The molecule has 1 aromatic rings. The molecule has 1 aromatic carbocycles. The van der Waals surface area contributed by atoms with E-state index in [1.807, 2.05) is 24.3 Å². The normalized spacial score (nSPS) is 21.4. The minimum atomic E-state index is -0.767. The summed E-state index contributed by atoms with van der Waals surface area (Å²) in [5, 5.41) is 11.8. The number of nitrogens with one attached hydrogen (secondary N) is 1. The lowest BCUT2D eigenvalue weighted by Crippen LogP contribution is -2.34. The van der Waals surface area contributed by atoms with Gasteiger partial charge in [-0.05, 0) is 37.0 Å². The van der Waals surface area contributed by atoms with E-state index in [0.717, 1.165) is 17.7 Å². The summed E-state index contributed by atoms with van der Waals surface area (Å²) in [6.45, 7) is 0. The van der Waals surface area contributed by atoms with Gasteiger partial charge in [-0.15, -0.1) is 0 Å². The van der Waals surface area contributed by atoms with Crippen molar-refractivity contribution in [2.45, 2.75) is 31.7 Å². The number of carbonyl (C=O) groups is 2. The van der Waals surface area contributed by atoms with E-state index in [0.29, 0.717) is 19.3 Å².